The van der Waals surface area contributed by atoms with Crippen molar-refractivity contribution in [3.8, 4) is 0 Å². The summed E-state index contributed by atoms with van der Waals surface area (Å²) >= 11 is 12.3. The maximum Gasteiger partial charge on any atom is 0.122 e. The van der Waals surface area contributed by atoms with Crippen molar-refractivity contribution in [3.63, 3.8) is 0 Å². The average Bonchev–Trinajstić information content (AvgIpc) is 2.97. The Morgan fingerprint density at radius 2 is 1.86 bits per heavy atom. The zero-order valence-electron chi connectivity index (χ0n) is 11.1. The number of rotatable bonds is 1. The molecule has 2 aromatic carbocycles. The van der Waals surface area contributed by atoms with Gasteiger partial charge in [-0.2, -0.15) is 5.10 Å². The van der Waals surface area contributed by atoms with Crippen LogP contribution >= 0.6 is 23.2 Å². The molecule has 2 aliphatic heterocycles. The zero-order valence-corrected chi connectivity index (χ0v) is 12.6. The number of benzene rings is 2. The quantitative estimate of drug-likeness (QED) is 0.701. The van der Waals surface area contributed by atoms with Gasteiger partial charge in [0.15, 0.2) is 0 Å². The third-order valence-electron chi connectivity index (χ3n) is 5.03. The van der Waals surface area contributed by atoms with Gasteiger partial charge in [-0.1, -0.05) is 53.5 Å². The van der Waals surface area contributed by atoms with Crippen LogP contribution < -0.4 is 0 Å². The van der Waals surface area contributed by atoms with Crippen LogP contribution in [0.4, 0.5) is 0 Å². The van der Waals surface area contributed by atoms with Crippen LogP contribution in [0.3, 0.4) is 0 Å². The van der Waals surface area contributed by atoms with Crippen molar-refractivity contribution in [2.45, 2.75) is 23.9 Å². The van der Waals surface area contributed by atoms with Crippen LogP contribution in [0, 0.1) is 0 Å². The van der Waals surface area contributed by atoms with Crippen molar-refractivity contribution in [3.05, 3.63) is 69.2 Å². The van der Waals surface area contributed by atoms with E-state index < -0.39 is 0 Å². The second kappa shape index (κ2) is 3.82. The fourth-order valence-electron chi connectivity index (χ4n) is 3.94. The van der Waals surface area contributed by atoms with Crippen LogP contribution in [0.5, 0.6) is 0 Å². The van der Waals surface area contributed by atoms with Gasteiger partial charge in [0.1, 0.15) is 11.6 Å². The molecule has 0 aromatic heterocycles. The van der Waals surface area contributed by atoms with Crippen LogP contribution in [0.15, 0.2) is 47.6 Å². The Labute approximate surface area is 133 Å². The van der Waals surface area contributed by atoms with E-state index in [1.54, 1.807) is 0 Å². The molecule has 2 aromatic rings. The Morgan fingerprint density at radius 3 is 2.57 bits per heavy atom. The Bertz CT molecular complexity index is 801. The van der Waals surface area contributed by atoms with Crippen LogP contribution in [0.1, 0.15) is 35.1 Å². The average molecular weight is 315 g/mol. The summed E-state index contributed by atoms with van der Waals surface area (Å²) in [5.74, 6) is 0.351. The summed E-state index contributed by atoms with van der Waals surface area (Å²) in [5, 5.41) is 7.86. The molecule has 0 saturated carbocycles. The highest BCUT2D eigenvalue weighted by atomic mass is 35.5. The molecule has 1 saturated heterocycles. The standard InChI is InChI=1S/C17H12Cl2N2/c18-14-6-5-10(7-15(14)19)13-8-17-9-20-21(17)16(17)12-4-2-1-3-11(12)13/h1-7,9,13,16H,8H2. The largest absolute Gasteiger partial charge is 0.273 e. The highest BCUT2D eigenvalue weighted by Gasteiger charge is 2.70. The molecule has 0 amide bonds. The summed E-state index contributed by atoms with van der Waals surface area (Å²) in [4.78, 5) is 0. The molecule has 1 fully saturated rings. The molecule has 4 heteroatoms. The third kappa shape index (κ3) is 1.42. The predicted molar refractivity (Wildman–Crippen MR) is 85.2 cm³/mol. The molecule has 5 rings (SSSR count). The van der Waals surface area contributed by atoms with E-state index in [2.05, 4.69) is 46.7 Å². The Kier molecular flexibility index (Phi) is 2.20. The van der Waals surface area contributed by atoms with Crippen molar-refractivity contribution in [2.75, 3.05) is 0 Å². The first-order valence-corrected chi connectivity index (χ1v) is 7.84. The van der Waals surface area contributed by atoms with Crippen molar-refractivity contribution >= 4 is 29.4 Å². The summed E-state index contributed by atoms with van der Waals surface area (Å²) < 4.78 is 0. The van der Waals surface area contributed by atoms with Crippen molar-refractivity contribution < 1.29 is 0 Å². The first-order valence-electron chi connectivity index (χ1n) is 7.09. The van der Waals surface area contributed by atoms with E-state index in [-0.39, 0.29) is 5.54 Å². The van der Waals surface area contributed by atoms with Gasteiger partial charge < -0.3 is 0 Å². The molecule has 1 aliphatic carbocycles. The topological polar surface area (TPSA) is 15.4 Å². The number of halogens is 2. The van der Waals surface area contributed by atoms with Gasteiger partial charge >= 0.3 is 0 Å². The lowest BCUT2D eigenvalue weighted by Crippen LogP contribution is -2.31. The second-order valence-electron chi connectivity index (χ2n) is 6.04. The number of hydrogen-bond acceptors (Lipinski definition) is 2. The van der Waals surface area contributed by atoms with Gasteiger partial charge in [-0.15, -0.1) is 0 Å². The maximum absolute atomic E-state index is 6.22. The molecule has 21 heavy (non-hydrogen) atoms. The van der Waals surface area contributed by atoms with Crippen LogP contribution in [-0.2, 0) is 0 Å². The van der Waals surface area contributed by atoms with E-state index in [0.717, 1.165) is 6.42 Å². The molecule has 0 radical (unpaired) electrons. The summed E-state index contributed by atoms with van der Waals surface area (Å²) in [6.45, 7) is 0. The summed E-state index contributed by atoms with van der Waals surface area (Å²) in [6.07, 6.45) is 3.17. The van der Waals surface area contributed by atoms with Gasteiger partial charge in [-0.05, 0) is 35.2 Å². The van der Waals surface area contributed by atoms with E-state index >= 15 is 0 Å². The van der Waals surface area contributed by atoms with Gasteiger partial charge in [0.2, 0.25) is 0 Å². The minimum Gasteiger partial charge on any atom is -0.273 e. The number of hydrogen-bond donors (Lipinski definition) is 0. The SMILES string of the molecule is Clc1ccc(C2CC34C=NN3C4c3ccccc32)cc1Cl. The van der Waals surface area contributed by atoms with Crippen LogP contribution in [-0.4, -0.2) is 16.8 Å². The van der Waals surface area contributed by atoms with Crippen molar-refractivity contribution in [1.29, 1.82) is 0 Å². The molecule has 0 N–H and O–H groups in total. The highest BCUT2D eigenvalue weighted by molar-refractivity contribution is 6.42. The first kappa shape index (κ1) is 12.1. The number of fused-ring (bicyclic) bond motifs is 3. The fourth-order valence-corrected chi connectivity index (χ4v) is 4.25. The van der Waals surface area contributed by atoms with E-state index in [1.165, 1.54) is 16.7 Å². The highest BCUT2D eigenvalue weighted by Crippen LogP contribution is 2.66. The van der Waals surface area contributed by atoms with E-state index in [1.807, 2.05) is 12.1 Å². The molecule has 2 heterocycles. The molecule has 104 valence electrons. The molecule has 3 unspecified atom stereocenters. The molecular weight excluding hydrogens is 303 g/mol. The first-order chi connectivity index (χ1) is 10.2. The molecule has 3 atom stereocenters. The van der Waals surface area contributed by atoms with Crippen molar-refractivity contribution in [2.24, 2.45) is 5.10 Å². The van der Waals surface area contributed by atoms with Gasteiger partial charge in [0, 0.05) is 5.92 Å². The van der Waals surface area contributed by atoms with Crippen LogP contribution in [0.25, 0.3) is 0 Å². The normalized spacial score (nSPS) is 31.0. The number of hydrazone groups is 1. The van der Waals surface area contributed by atoms with E-state index in [0.29, 0.717) is 22.0 Å². The summed E-state index contributed by atoms with van der Waals surface area (Å²) in [6, 6.07) is 15.1. The van der Waals surface area contributed by atoms with E-state index in [9.17, 15) is 0 Å². The minimum absolute atomic E-state index is 0.158. The maximum atomic E-state index is 6.22. The smallest absolute Gasteiger partial charge is 0.122 e. The Hall–Kier alpha value is -1.51. The summed E-state index contributed by atoms with van der Waals surface area (Å²) in [5.41, 5.74) is 4.18. The summed E-state index contributed by atoms with van der Waals surface area (Å²) in [7, 11) is 0. The third-order valence-corrected chi connectivity index (χ3v) is 5.76. The Morgan fingerprint density at radius 1 is 1.05 bits per heavy atom. The predicted octanol–water partition coefficient (Wildman–Crippen LogP) is 4.62. The zero-order chi connectivity index (χ0) is 14.2. The molecule has 0 bridgehead atoms. The van der Waals surface area contributed by atoms with Gasteiger partial charge in [-0.3, -0.25) is 5.01 Å². The van der Waals surface area contributed by atoms with Gasteiger partial charge in [0.05, 0.1) is 16.3 Å². The fraction of sp³-hybridized carbons (Fsp3) is 0.235. The Balaban J connectivity index is 1.67. The van der Waals surface area contributed by atoms with Crippen molar-refractivity contribution in [1.82, 2.24) is 5.01 Å². The monoisotopic (exact) mass is 314 g/mol. The van der Waals surface area contributed by atoms with Gasteiger partial charge in [-0.25, -0.2) is 0 Å². The lowest BCUT2D eigenvalue weighted by atomic mass is 9.74. The second-order valence-corrected chi connectivity index (χ2v) is 6.86. The molecular formula is C17H12Cl2N2. The lowest BCUT2D eigenvalue weighted by Gasteiger charge is -2.29. The molecule has 1 spiro atoms. The van der Waals surface area contributed by atoms with Gasteiger partial charge in [0.25, 0.3) is 0 Å². The molecule has 3 aliphatic rings. The van der Waals surface area contributed by atoms with E-state index in [4.69, 9.17) is 23.2 Å². The van der Waals surface area contributed by atoms with Crippen LogP contribution in [0.2, 0.25) is 10.0 Å². The number of nitrogens with zero attached hydrogens (tertiary/aromatic N) is 2. The lowest BCUT2D eigenvalue weighted by molar-refractivity contribution is 0.421. The minimum atomic E-state index is 0.158. The molecule has 2 nitrogen and oxygen atoms in total.